The highest BCUT2D eigenvalue weighted by atomic mass is 33.1. The lowest BCUT2D eigenvalue weighted by Crippen LogP contribution is -2.18. The molecule has 1 amide bonds. The van der Waals surface area contributed by atoms with Crippen molar-refractivity contribution in [1.29, 1.82) is 0 Å². The van der Waals surface area contributed by atoms with Gasteiger partial charge in [0.2, 0.25) is 0 Å². The number of benzene rings is 2. The van der Waals surface area contributed by atoms with Gasteiger partial charge in [0.1, 0.15) is 0 Å². The molecule has 0 atom stereocenters. The smallest absolute Gasteiger partial charge is 0.292 e. The van der Waals surface area contributed by atoms with E-state index in [4.69, 9.17) is 0 Å². The third-order valence-corrected chi connectivity index (χ3v) is 6.81. The molecule has 0 saturated carbocycles. The summed E-state index contributed by atoms with van der Waals surface area (Å²) in [5.41, 5.74) is 1.98. The fraction of sp³-hybridized carbons (Fsp3) is 0.0588. The van der Waals surface area contributed by atoms with Crippen LogP contribution in [0.25, 0.3) is 11.1 Å². The number of aromatic nitrogens is 1. The molecule has 6 nitrogen and oxygen atoms in total. The summed E-state index contributed by atoms with van der Waals surface area (Å²) in [7, 11) is -1.45. The first-order chi connectivity index (χ1) is 12.5. The molecule has 0 saturated heterocycles. The average molecular weight is 406 g/mol. The van der Waals surface area contributed by atoms with Crippen molar-refractivity contribution < 1.29 is 13.2 Å². The highest BCUT2D eigenvalue weighted by molar-refractivity contribution is 8.72. The van der Waals surface area contributed by atoms with Crippen molar-refractivity contribution in [3.63, 3.8) is 0 Å². The van der Waals surface area contributed by atoms with E-state index in [1.165, 1.54) is 17.5 Å². The Morgan fingerprint density at radius 3 is 2.58 bits per heavy atom. The van der Waals surface area contributed by atoms with Gasteiger partial charge in [-0.3, -0.25) is 4.79 Å². The molecule has 0 aliphatic carbocycles. The lowest BCUT2D eigenvalue weighted by atomic mass is 9.99. The zero-order chi connectivity index (χ0) is 18.6. The number of hydrogen-bond donors (Lipinski definition) is 2. The highest BCUT2D eigenvalue weighted by Crippen LogP contribution is 2.32. The Morgan fingerprint density at radius 2 is 1.92 bits per heavy atom. The van der Waals surface area contributed by atoms with E-state index in [2.05, 4.69) is 15.0 Å². The van der Waals surface area contributed by atoms with Crippen LogP contribution < -0.4 is 10.0 Å². The van der Waals surface area contributed by atoms with E-state index in [1.54, 1.807) is 30.6 Å². The van der Waals surface area contributed by atoms with Crippen LogP contribution in [0.2, 0.25) is 0 Å². The number of hydrogen-bond acceptors (Lipinski definition) is 6. The zero-order valence-corrected chi connectivity index (χ0v) is 16.1. The van der Waals surface area contributed by atoms with Gasteiger partial charge in [-0.1, -0.05) is 30.3 Å². The summed E-state index contributed by atoms with van der Waals surface area (Å²) >= 11 is 1.20. The predicted octanol–water partition coefficient (Wildman–Crippen LogP) is 3.62. The molecule has 3 aromatic rings. The molecule has 2 N–H and O–H groups in total. The largest absolute Gasteiger partial charge is 0.355 e. The molecule has 0 bridgehead atoms. The van der Waals surface area contributed by atoms with E-state index in [-0.39, 0.29) is 5.91 Å². The normalized spacial score (nSPS) is 11.1. The maximum Gasteiger partial charge on any atom is 0.292 e. The first-order valence-corrected chi connectivity index (χ1v) is 11.2. The fourth-order valence-corrected chi connectivity index (χ4v) is 5.63. The second-order valence-electron chi connectivity index (χ2n) is 5.13. The zero-order valence-electron chi connectivity index (χ0n) is 13.7. The van der Waals surface area contributed by atoms with Gasteiger partial charge in [-0.25, -0.2) is 9.71 Å². The van der Waals surface area contributed by atoms with Crippen LogP contribution in [0, 0.1) is 0 Å². The second-order valence-corrected chi connectivity index (χ2v) is 9.59. The van der Waals surface area contributed by atoms with E-state index in [9.17, 15) is 13.2 Å². The van der Waals surface area contributed by atoms with Crippen molar-refractivity contribution in [2.75, 3.05) is 11.8 Å². The van der Waals surface area contributed by atoms with E-state index < -0.39 is 9.06 Å². The van der Waals surface area contributed by atoms with Crippen LogP contribution in [0.4, 0.5) is 5.13 Å². The molecule has 9 heteroatoms. The minimum atomic E-state index is -3.68. The molecule has 2 aromatic carbocycles. The van der Waals surface area contributed by atoms with Gasteiger partial charge in [-0.05, 0) is 29.3 Å². The van der Waals surface area contributed by atoms with Crippen molar-refractivity contribution in [2.24, 2.45) is 0 Å². The molecular formula is C17H15N3O3S3. The van der Waals surface area contributed by atoms with Gasteiger partial charge in [0.25, 0.3) is 15.0 Å². The third-order valence-electron chi connectivity index (χ3n) is 3.40. The molecule has 0 unspecified atom stereocenters. The Kier molecular flexibility index (Phi) is 5.60. The maximum atomic E-state index is 12.3. The molecule has 1 aromatic heterocycles. The first kappa shape index (κ1) is 18.4. The van der Waals surface area contributed by atoms with Crippen molar-refractivity contribution >= 4 is 42.2 Å². The Hall–Kier alpha value is -2.36. The molecule has 134 valence electrons. The monoisotopic (exact) mass is 405 g/mol. The average Bonchev–Trinajstić information content (AvgIpc) is 3.13. The number of anilines is 1. The minimum absolute atomic E-state index is 0.232. The number of amides is 1. The van der Waals surface area contributed by atoms with Gasteiger partial charge in [0.05, 0.1) is 0 Å². The van der Waals surface area contributed by atoms with Crippen molar-refractivity contribution in [2.45, 2.75) is 4.90 Å². The summed E-state index contributed by atoms with van der Waals surface area (Å²) < 4.78 is 27.1. The van der Waals surface area contributed by atoms with Crippen LogP contribution >= 0.6 is 22.1 Å². The van der Waals surface area contributed by atoms with Crippen LogP contribution in [-0.4, -0.2) is 26.4 Å². The number of nitrogens with one attached hydrogen (secondary N) is 2. The summed E-state index contributed by atoms with van der Waals surface area (Å²) in [5.74, 6) is -0.232. The molecule has 0 aliphatic rings. The van der Waals surface area contributed by atoms with Crippen LogP contribution in [0.1, 0.15) is 10.4 Å². The highest BCUT2D eigenvalue weighted by Gasteiger charge is 2.18. The Labute approximate surface area is 159 Å². The van der Waals surface area contributed by atoms with Gasteiger partial charge in [0.15, 0.2) is 5.13 Å². The number of nitrogens with zero attached hydrogens (tertiary/aromatic N) is 1. The Bertz CT molecular complexity index is 1000. The lowest BCUT2D eigenvalue weighted by Gasteiger charge is -2.11. The van der Waals surface area contributed by atoms with E-state index in [0.29, 0.717) is 31.9 Å². The van der Waals surface area contributed by atoms with Gasteiger partial charge in [-0.15, -0.1) is 11.3 Å². The third kappa shape index (κ3) is 4.43. The topological polar surface area (TPSA) is 88.2 Å². The summed E-state index contributed by atoms with van der Waals surface area (Å²) in [6.45, 7) is 0. The van der Waals surface area contributed by atoms with Crippen LogP contribution in [0.5, 0.6) is 0 Å². The number of carbonyl (C=O) groups excluding carboxylic acids is 1. The van der Waals surface area contributed by atoms with Crippen molar-refractivity contribution in [1.82, 2.24) is 10.3 Å². The van der Waals surface area contributed by atoms with Crippen LogP contribution in [-0.2, 0) is 9.06 Å². The summed E-state index contributed by atoms with van der Waals surface area (Å²) in [6.07, 6.45) is 1.53. The van der Waals surface area contributed by atoms with E-state index >= 15 is 0 Å². The molecule has 0 radical (unpaired) electrons. The van der Waals surface area contributed by atoms with Gasteiger partial charge < -0.3 is 5.32 Å². The summed E-state index contributed by atoms with van der Waals surface area (Å²) in [5, 5.41) is 4.60. The molecule has 26 heavy (non-hydrogen) atoms. The Morgan fingerprint density at radius 1 is 1.15 bits per heavy atom. The van der Waals surface area contributed by atoms with E-state index in [1.807, 2.05) is 30.3 Å². The summed E-state index contributed by atoms with van der Waals surface area (Å²) in [4.78, 5) is 16.6. The number of thiazole rings is 1. The molecule has 1 heterocycles. The SMILES string of the molecule is CNC(=O)c1ccc(SS(=O)(=O)Nc2nccs2)cc1-c1ccccc1. The van der Waals surface area contributed by atoms with E-state index in [0.717, 1.165) is 5.56 Å². The van der Waals surface area contributed by atoms with Crippen molar-refractivity contribution in [3.8, 4) is 11.1 Å². The Balaban J connectivity index is 1.95. The van der Waals surface area contributed by atoms with Crippen LogP contribution in [0.3, 0.4) is 0 Å². The quantitative estimate of drug-likeness (QED) is 0.612. The predicted molar refractivity (Wildman–Crippen MR) is 106 cm³/mol. The molecule has 3 rings (SSSR count). The van der Waals surface area contributed by atoms with Gasteiger partial charge >= 0.3 is 0 Å². The lowest BCUT2D eigenvalue weighted by molar-refractivity contribution is 0.0963. The first-order valence-electron chi connectivity index (χ1n) is 7.52. The van der Waals surface area contributed by atoms with Gasteiger partial charge in [-0.2, -0.15) is 8.42 Å². The summed E-state index contributed by atoms with van der Waals surface area (Å²) in [6, 6.07) is 14.3. The number of carbonyl (C=O) groups is 1. The van der Waals surface area contributed by atoms with Gasteiger partial charge in [0, 0.05) is 39.9 Å². The molecule has 0 spiro atoms. The molecular weight excluding hydrogens is 390 g/mol. The molecule has 0 fully saturated rings. The van der Waals surface area contributed by atoms with Crippen LogP contribution in [0.15, 0.2) is 65.0 Å². The second kappa shape index (κ2) is 7.90. The number of rotatable bonds is 6. The standard InChI is InChI=1S/C17H15N3O3S3/c1-18-16(21)14-8-7-13(11-15(14)12-5-3-2-4-6-12)25-26(22,23)20-17-19-9-10-24-17/h2-11H,1H3,(H,18,21)(H,19,20). The van der Waals surface area contributed by atoms with Crippen molar-refractivity contribution in [3.05, 3.63) is 65.7 Å². The maximum absolute atomic E-state index is 12.3. The minimum Gasteiger partial charge on any atom is -0.355 e. The fourth-order valence-electron chi connectivity index (χ4n) is 2.29. The molecule has 0 aliphatic heterocycles.